The monoisotopic (exact) mass is 288 g/mol. The average molecular weight is 289 g/mol. The summed E-state index contributed by atoms with van der Waals surface area (Å²) >= 11 is 0. The number of rotatable bonds is 2. The van der Waals surface area contributed by atoms with Crippen LogP contribution in [0.4, 0.5) is 0 Å². The molecule has 2 N–H and O–H groups in total. The van der Waals surface area contributed by atoms with Gasteiger partial charge in [-0.25, -0.2) is 0 Å². The van der Waals surface area contributed by atoms with Gasteiger partial charge in [0.05, 0.1) is 5.54 Å². The molecule has 0 bridgehead atoms. The molecule has 1 amide bonds. The summed E-state index contributed by atoms with van der Waals surface area (Å²) in [6.07, 6.45) is 7.56. The van der Waals surface area contributed by atoms with E-state index in [2.05, 4.69) is 13.8 Å². The van der Waals surface area contributed by atoms with Crippen LogP contribution in [0.15, 0.2) is 0 Å². The van der Waals surface area contributed by atoms with Gasteiger partial charge < -0.3 is 10.6 Å². The molecule has 1 aliphatic carbocycles. The van der Waals surface area contributed by atoms with Gasteiger partial charge in [-0.15, -0.1) is 12.4 Å². The zero-order chi connectivity index (χ0) is 13.2. The van der Waals surface area contributed by atoms with E-state index in [0.717, 1.165) is 63.5 Å². The predicted molar refractivity (Wildman–Crippen MR) is 81.4 cm³/mol. The van der Waals surface area contributed by atoms with E-state index < -0.39 is 5.54 Å². The van der Waals surface area contributed by atoms with Crippen molar-refractivity contribution in [1.82, 2.24) is 4.90 Å². The molecule has 1 saturated heterocycles. The number of likely N-dealkylation sites (tertiary alicyclic amines) is 1. The zero-order valence-electron chi connectivity index (χ0n) is 12.4. The molecule has 19 heavy (non-hydrogen) atoms. The van der Waals surface area contributed by atoms with E-state index in [1.54, 1.807) is 0 Å². The minimum Gasteiger partial charge on any atom is -0.341 e. The summed E-state index contributed by atoms with van der Waals surface area (Å²) in [4.78, 5) is 14.6. The number of halogens is 1. The third kappa shape index (κ3) is 3.85. The smallest absolute Gasteiger partial charge is 0.242 e. The lowest BCUT2D eigenvalue weighted by Gasteiger charge is -2.31. The van der Waals surface area contributed by atoms with E-state index >= 15 is 0 Å². The van der Waals surface area contributed by atoms with Crippen molar-refractivity contribution in [3.8, 4) is 0 Å². The molecule has 1 saturated carbocycles. The molecule has 2 fully saturated rings. The summed E-state index contributed by atoms with van der Waals surface area (Å²) in [5.74, 6) is 1.74. The number of carbonyl (C=O) groups is 1. The summed E-state index contributed by atoms with van der Waals surface area (Å²) in [6.45, 7) is 6.43. The number of amides is 1. The molecule has 112 valence electrons. The van der Waals surface area contributed by atoms with Crippen molar-refractivity contribution < 1.29 is 4.79 Å². The Morgan fingerprint density at radius 3 is 2.37 bits per heavy atom. The second-order valence-electron chi connectivity index (χ2n) is 6.59. The Morgan fingerprint density at radius 2 is 1.79 bits per heavy atom. The van der Waals surface area contributed by atoms with Gasteiger partial charge in [0.1, 0.15) is 0 Å². The SMILES string of the molecule is CC(C)C1CCCN(C(=O)C2(N)CCCC2)CC1.Cl. The molecule has 1 heterocycles. The van der Waals surface area contributed by atoms with Crippen molar-refractivity contribution in [2.45, 2.75) is 64.3 Å². The van der Waals surface area contributed by atoms with Gasteiger partial charge >= 0.3 is 0 Å². The third-order valence-corrected chi connectivity index (χ3v) is 4.92. The van der Waals surface area contributed by atoms with Gasteiger partial charge in [0, 0.05) is 13.1 Å². The van der Waals surface area contributed by atoms with Crippen molar-refractivity contribution in [2.75, 3.05) is 13.1 Å². The summed E-state index contributed by atoms with van der Waals surface area (Å²) in [7, 11) is 0. The fourth-order valence-corrected chi connectivity index (χ4v) is 3.53. The highest BCUT2D eigenvalue weighted by Crippen LogP contribution is 2.31. The van der Waals surface area contributed by atoms with E-state index in [0.29, 0.717) is 0 Å². The van der Waals surface area contributed by atoms with Crippen LogP contribution in [0.3, 0.4) is 0 Å². The van der Waals surface area contributed by atoms with Crippen molar-refractivity contribution >= 4 is 18.3 Å². The first-order valence-electron chi connectivity index (χ1n) is 7.61. The van der Waals surface area contributed by atoms with E-state index in [4.69, 9.17) is 5.73 Å². The normalized spacial score (nSPS) is 26.9. The molecular weight excluding hydrogens is 260 g/mol. The summed E-state index contributed by atoms with van der Waals surface area (Å²) in [5, 5.41) is 0. The van der Waals surface area contributed by atoms with Crippen molar-refractivity contribution in [3.05, 3.63) is 0 Å². The molecule has 1 unspecified atom stereocenters. The van der Waals surface area contributed by atoms with Crippen LogP contribution < -0.4 is 5.73 Å². The number of nitrogens with two attached hydrogens (primary N) is 1. The number of nitrogens with zero attached hydrogens (tertiary/aromatic N) is 1. The molecular formula is C15H29ClN2O. The largest absolute Gasteiger partial charge is 0.341 e. The summed E-state index contributed by atoms with van der Waals surface area (Å²) in [5.41, 5.74) is 5.76. The summed E-state index contributed by atoms with van der Waals surface area (Å²) in [6, 6.07) is 0. The maximum atomic E-state index is 12.6. The topological polar surface area (TPSA) is 46.3 Å². The highest BCUT2D eigenvalue weighted by molar-refractivity contribution is 5.86. The fraction of sp³-hybridized carbons (Fsp3) is 0.933. The predicted octanol–water partition coefficient (Wildman–Crippen LogP) is 2.96. The average Bonchev–Trinajstić information content (AvgIpc) is 2.65. The molecule has 2 rings (SSSR count). The minimum absolute atomic E-state index is 0. The maximum Gasteiger partial charge on any atom is 0.242 e. The molecule has 0 aromatic heterocycles. The highest BCUT2D eigenvalue weighted by atomic mass is 35.5. The minimum atomic E-state index is -0.530. The molecule has 0 aromatic carbocycles. The Balaban J connectivity index is 0.00000180. The molecule has 0 radical (unpaired) electrons. The molecule has 4 heteroatoms. The van der Waals surface area contributed by atoms with Crippen molar-refractivity contribution in [3.63, 3.8) is 0 Å². The molecule has 2 aliphatic rings. The van der Waals surface area contributed by atoms with Crippen LogP contribution in [-0.4, -0.2) is 29.4 Å². The first-order valence-corrected chi connectivity index (χ1v) is 7.61. The van der Waals surface area contributed by atoms with Gasteiger partial charge in [0.25, 0.3) is 0 Å². The number of hydrogen-bond acceptors (Lipinski definition) is 2. The molecule has 0 spiro atoms. The Hall–Kier alpha value is -0.280. The lowest BCUT2D eigenvalue weighted by molar-refractivity contribution is -0.136. The Kier molecular flexibility index (Phi) is 6.13. The van der Waals surface area contributed by atoms with Crippen LogP contribution in [-0.2, 0) is 4.79 Å². The van der Waals surface area contributed by atoms with E-state index in [1.165, 1.54) is 6.42 Å². The second-order valence-corrected chi connectivity index (χ2v) is 6.59. The number of carbonyl (C=O) groups excluding carboxylic acids is 1. The first-order chi connectivity index (χ1) is 8.53. The van der Waals surface area contributed by atoms with E-state index in [1.807, 2.05) is 4.90 Å². The molecule has 1 aliphatic heterocycles. The summed E-state index contributed by atoms with van der Waals surface area (Å²) < 4.78 is 0. The Morgan fingerprint density at radius 1 is 1.16 bits per heavy atom. The molecule has 1 atom stereocenters. The van der Waals surface area contributed by atoms with Gasteiger partial charge in [0.2, 0.25) is 5.91 Å². The standard InChI is InChI=1S/C15H28N2O.ClH/c1-12(2)13-6-5-10-17(11-7-13)14(18)15(16)8-3-4-9-15;/h12-13H,3-11,16H2,1-2H3;1H. The van der Waals surface area contributed by atoms with Crippen molar-refractivity contribution in [2.24, 2.45) is 17.6 Å². The zero-order valence-corrected chi connectivity index (χ0v) is 13.2. The van der Waals surface area contributed by atoms with E-state index in [-0.39, 0.29) is 18.3 Å². The first kappa shape index (κ1) is 16.8. The van der Waals surface area contributed by atoms with Gasteiger partial charge in [-0.3, -0.25) is 4.79 Å². The third-order valence-electron chi connectivity index (χ3n) is 4.92. The van der Waals surface area contributed by atoms with Crippen molar-refractivity contribution in [1.29, 1.82) is 0 Å². The van der Waals surface area contributed by atoms with Crippen LogP contribution in [0, 0.1) is 11.8 Å². The van der Waals surface area contributed by atoms with Gasteiger partial charge in [0.15, 0.2) is 0 Å². The van der Waals surface area contributed by atoms with Gasteiger partial charge in [-0.05, 0) is 43.9 Å². The molecule has 0 aromatic rings. The van der Waals surface area contributed by atoms with Crippen LogP contribution in [0.25, 0.3) is 0 Å². The van der Waals surface area contributed by atoms with Crippen LogP contribution in [0.2, 0.25) is 0 Å². The maximum absolute atomic E-state index is 12.6. The van der Waals surface area contributed by atoms with Crippen LogP contribution in [0.5, 0.6) is 0 Å². The van der Waals surface area contributed by atoms with Gasteiger partial charge in [-0.2, -0.15) is 0 Å². The van der Waals surface area contributed by atoms with Crippen LogP contribution >= 0.6 is 12.4 Å². The lowest BCUT2D eigenvalue weighted by atomic mass is 9.89. The molecule has 3 nitrogen and oxygen atoms in total. The highest BCUT2D eigenvalue weighted by Gasteiger charge is 2.40. The lowest BCUT2D eigenvalue weighted by Crippen LogP contribution is -2.53. The Bertz CT molecular complexity index is 301. The Labute approximate surface area is 123 Å². The quantitative estimate of drug-likeness (QED) is 0.849. The fourth-order valence-electron chi connectivity index (χ4n) is 3.53. The van der Waals surface area contributed by atoms with Gasteiger partial charge in [-0.1, -0.05) is 26.7 Å². The second kappa shape index (κ2) is 6.94. The van der Waals surface area contributed by atoms with E-state index in [9.17, 15) is 4.79 Å². The van der Waals surface area contributed by atoms with Crippen LogP contribution in [0.1, 0.15) is 58.8 Å². The number of hydrogen-bond donors (Lipinski definition) is 1.